The smallest absolute Gasteiger partial charge is 0.251 e. The summed E-state index contributed by atoms with van der Waals surface area (Å²) in [6, 6.07) is 13.6. The van der Waals surface area contributed by atoms with Crippen LogP contribution in [0, 0.1) is 5.92 Å². The van der Waals surface area contributed by atoms with Gasteiger partial charge in [-0.1, -0.05) is 36.4 Å². The van der Waals surface area contributed by atoms with Crippen molar-refractivity contribution in [2.75, 3.05) is 6.54 Å². The van der Waals surface area contributed by atoms with Gasteiger partial charge < -0.3 is 10.4 Å². The molecule has 0 aromatic heterocycles. The molecular formula is C17H19NO2. The van der Waals surface area contributed by atoms with Crippen molar-refractivity contribution in [1.29, 1.82) is 0 Å². The van der Waals surface area contributed by atoms with Crippen molar-refractivity contribution < 1.29 is 9.90 Å². The Bertz CT molecular complexity index is 614. The largest absolute Gasteiger partial charge is 0.393 e. The number of hydrogen-bond acceptors (Lipinski definition) is 2. The van der Waals surface area contributed by atoms with E-state index in [2.05, 4.69) is 5.32 Å². The maximum Gasteiger partial charge on any atom is 0.251 e. The average molecular weight is 269 g/mol. The first-order valence-corrected chi connectivity index (χ1v) is 7.20. The molecule has 3 rings (SSSR count). The first-order valence-electron chi connectivity index (χ1n) is 7.20. The van der Waals surface area contributed by atoms with Gasteiger partial charge in [-0.25, -0.2) is 0 Å². The fourth-order valence-corrected chi connectivity index (χ4v) is 2.57. The van der Waals surface area contributed by atoms with E-state index in [9.17, 15) is 9.90 Å². The molecule has 1 fully saturated rings. The molecule has 3 nitrogen and oxygen atoms in total. The number of benzene rings is 2. The standard InChI is InChI=1S/C17H19NO2/c19-16(13-8-9-13)10-11-18-17(20)15-7-3-5-12-4-1-2-6-14(12)15/h1-7,13,16,19H,8-11H2,(H,18,20)/t16-/m0/s1. The van der Waals surface area contributed by atoms with E-state index < -0.39 is 0 Å². The van der Waals surface area contributed by atoms with Crippen LogP contribution in [0.3, 0.4) is 0 Å². The van der Waals surface area contributed by atoms with Crippen LogP contribution in [0.1, 0.15) is 29.6 Å². The molecule has 2 N–H and O–H groups in total. The highest BCUT2D eigenvalue weighted by molar-refractivity contribution is 6.06. The molecule has 0 saturated heterocycles. The predicted octanol–water partition coefficient (Wildman–Crippen LogP) is 2.73. The maximum atomic E-state index is 12.2. The molecule has 0 unspecified atom stereocenters. The predicted molar refractivity (Wildman–Crippen MR) is 79.6 cm³/mol. The molecule has 1 aliphatic rings. The molecule has 2 aromatic rings. The second-order valence-corrected chi connectivity index (χ2v) is 5.48. The molecule has 20 heavy (non-hydrogen) atoms. The van der Waals surface area contributed by atoms with Crippen LogP contribution in [-0.2, 0) is 0 Å². The summed E-state index contributed by atoms with van der Waals surface area (Å²) in [7, 11) is 0. The summed E-state index contributed by atoms with van der Waals surface area (Å²) in [5.41, 5.74) is 0.698. The van der Waals surface area contributed by atoms with Crippen LogP contribution in [0.5, 0.6) is 0 Å². The Hall–Kier alpha value is -1.87. The number of rotatable bonds is 5. The van der Waals surface area contributed by atoms with Crippen LogP contribution in [-0.4, -0.2) is 23.7 Å². The van der Waals surface area contributed by atoms with Crippen LogP contribution in [0.4, 0.5) is 0 Å². The van der Waals surface area contributed by atoms with E-state index in [-0.39, 0.29) is 12.0 Å². The quantitative estimate of drug-likeness (QED) is 0.877. The van der Waals surface area contributed by atoms with Crippen molar-refractivity contribution in [2.45, 2.75) is 25.4 Å². The van der Waals surface area contributed by atoms with Gasteiger partial charge in [0.15, 0.2) is 0 Å². The maximum absolute atomic E-state index is 12.2. The molecule has 0 bridgehead atoms. The number of carbonyl (C=O) groups excluding carboxylic acids is 1. The number of fused-ring (bicyclic) bond motifs is 1. The van der Waals surface area contributed by atoms with Crippen molar-refractivity contribution >= 4 is 16.7 Å². The van der Waals surface area contributed by atoms with Crippen molar-refractivity contribution in [3.05, 3.63) is 48.0 Å². The van der Waals surface area contributed by atoms with Gasteiger partial charge in [-0.3, -0.25) is 4.79 Å². The highest BCUT2D eigenvalue weighted by Gasteiger charge is 2.29. The molecule has 0 heterocycles. The lowest BCUT2D eigenvalue weighted by Crippen LogP contribution is -2.27. The fraction of sp³-hybridized carbons (Fsp3) is 0.353. The molecule has 0 radical (unpaired) electrons. The number of amides is 1. The van der Waals surface area contributed by atoms with Crippen molar-refractivity contribution in [3.63, 3.8) is 0 Å². The lowest BCUT2D eigenvalue weighted by Gasteiger charge is -2.11. The van der Waals surface area contributed by atoms with E-state index in [1.807, 2.05) is 42.5 Å². The summed E-state index contributed by atoms with van der Waals surface area (Å²) in [5.74, 6) is 0.397. The summed E-state index contributed by atoms with van der Waals surface area (Å²) >= 11 is 0. The highest BCUT2D eigenvalue weighted by atomic mass is 16.3. The van der Waals surface area contributed by atoms with Crippen molar-refractivity contribution in [2.24, 2.45) is 5.92 Å². The normalized spacial score (nSPS) is 16.1. The zero-order chi connectivity index (χ0) is 13.9. The number of hydrogen-bond donors (Lipinski definition) is 2. The number of aliphatic hydroxyl groups excluding tert-OH is 1. The number of nitrogens with one attached hydrogen (secondary N) is 1. The van der Waals surface area contributed by atoms with E-state index in [0.29, 0.717) is 24.4 Å². The van der Waals surface area contributed by atoms with Crippen molar-refractivity contribution in [3.8, 4) is 0 Å². The first-order chi connectivity index (χ1) is 9.75. The number of carbonyl (C=O) groups is 1. The molecule has 1 atom stereocenters. The molecule has 3 heteroatoms. The van der Waals surface area contributed by atoms with Gasteiger partial charge in [-0.05, 0) is 42.0 Å². The van der Waals surface area contributed by atoms with Gasteiger partial charge in [0.1, 0.15) is 0 Å². The monoisotopic (exact) mass is 269 g/mol. The summed E-state index contributed by atoms with van der Waals surface area (Å²) in [5, 5.41) is 14.7. The second-order valence-electron chi connectivity index (χ2n) is 5.48. The minimum absolute atomic E-state index is 0.0650. The molecular weight excluding hydrogens is 250 g/mol. The minimum Gasteiger partial charge on any atom is -0.393 e. The Morgan fingerprint density at radius 1 is 1.20 bits per heavy atom. The second kappa shape index (κ2) is 5.63. The van der Waals surface area contributed by atoms with Crippen LogP contribution < -0.4 is 5.32 Å². The highest BCUT2D eigenvalue weighted by Crippen LogP contribution is 2.33. The SMILES string of the molecule is O=C(NCC[C@H](O)C1CC1)c1cccc2ccccc12. The summed E-state index contributed by atoms with van der Waals surface area (Å²) in [4.78, 5) is 12.2. The van der Waals surface area contributed by atoms with Crippen LogP contribution in [0.2, 0.25) is 0 Å². The zero-order valence-corrected chi connectivity index (χ0v) is 11.4. The van der Waals surface area contributed by atoms with Crippen LogP contribution in [0.15, 0.2) is 42.5 Å². The van der Waals surface area contributed by atoms with Gasteiger partial charge in [0.2, 0.25) is 0 Å². The summed E-state index contributed by atoms with van der Waals surface area (Å²) < 4.78 is 0. The minimum atomic E-state index is -0.261. The lowest BCUT2D eigenvalue weighted by molar-refractivity contribution is 0.0938. The Morgan fingerprint density at radius 2 is 1.95 bits per heavy atom. The van der Waals surface area contributed by atoms with Gasteiger partial charge in [-0.15, -0.1) is 0 Å². The molecule has 0 aliphatic heterocycles. The van der Waals surface area contributed by atoms with Crippen LogP contribution in [0.25, 0.3) is 10.8 Å². The van der Waals surface area contributed by atoms with Crippen molar-refractivity contribution in [1.82, 2.24) is 5.32 Å². The Labute approximate surface area is 118 Å². The molecule has 1 amide bonds. The Kier molecular flexibility index (Phi) is 3.70. The molecule has 1 aliphatic carbocycles. The van der Waals surface area contributed by atoms with E-state index in [0.717, 1.165) is 23.6 Å². The van der Waals surface area contributed by atoms with Gasteiger partial charge in [0.05, 0.1) is 6.10 Å². The van der Waals surface area contributed by atoms with Gasteiger partial charge >= 0.3 is 0 Å². The topological polar surface area (TPSA) is 49.3 Å². The first kappa shape index (κ1) is 13.1. The lowest BCUT2D eigenvalue weighted by atomic mass is 10.0. The Balaban J connectivity index is 1.66. The Morgan fingerprint density at radius 3 is 2.75 bits per heavy atom. The average Bonchev–Trinajstić information content (AvgIpc) is 3.31. The zero-order valence-electron chi connectivity index (χ0n) is 11.4. The molecule has 104 valence electrons. The van der Waals surface area contributed by atoms with Gasteiger partial charge in [0, 0.05) is 12.1 Å². The third-order valence-corrected chi connectivity index (χ3v) is 3.93. The van der Waals surface area contributed by atoms with E-state index in [1.165, 1.54) is 0 Å². The fourth-order valence-electron chi connectivity index (χ4n) is 2.57. The van der Waals surface area contributed by atoms with E-state index >= 15 is 0 Å². The molecule has 1 saturated carbocycles. The summed E-state index contributed by atoms with van der Waals surface area (Å²) in [6.45, 7) is 0.528. The van der Waals surface area contributed by atoms with E-state index in [4.69, 9.17) is 0 Å². The summed E-state index contributed by atoms with van der Waals surface area (Å²) in [6.07, 6.45) is 2.63. The third-order valence-electron chi connectivity index (χ3n) is 3.93. The molecule has 2 aromatic carbocycles. The van der Waals surface area contributed by atoms with Crippen LogP contribution >= 0.6 is 0 Å². The van der Waals surface area contributed by atoms with Gasteiger partial charge in [0.25, 0.3) is 5.91 Å². The van der Waals surface area contributed by atoms with Gasteiger partial charge in [-0.2, -0.15) is 0 Å². The van der Waals surface area contributed by atoms with E-state index in [1.54, 1.807) is 0 Å². The number of aliphatic hydroxyl groups is 1. The molecule has 0 spiro atoms. The third kappa shape index (κ3) is 2.83.